The van der Waals surface area contributed by atoms with Gasteiger partial charge in [-0.3, -0.25) is 9.48 Å². The van der Waals surface area contributed by atoms with Gasteiger partial charge in [-0.25, -0.2) is 9.97 Å². The number of nitrogens with zero attached hydrogens (tertiary/aromatic N) is 6. The number of fused-ring (bicyclic) bond motifs is 1. The molecule has 0 aromatic carbocycles. The Bertz CT molecular complexity index is 901. The van der Waals surface area contributed by atoms with Crippen molar-refractivity contribution in [2.24, 2.45) is 18.9 Å². The maximum Gasteiger partial charge on any atom is 0.226 e. The fourth-order valence-corrected chi connectivity index (χ4v) is 5.77. The van der Waals surface area contributed by atoms with E-state index in [0.29, 0.717) is 17.9 Å². The Kier molecular flexibility index (Phi) is 6.07. The van der Waals surface area contributed by atoms with E-state index in [1.54, 1.807) is 11.0 Å². The second kappa shape index (κ2) is 9.10. The lowest BCUT2D eigenvalue weighted by Gasteiger charge is -2.42. The number of carbonyl (C=O) groups excluding carboxylic acids is 1. The van der Waals surface area contributed by atoms with Crippen LogP contribution in [-0.4, -0.2) is 69.4 Å². The number of rotatable bonds is 3. The molecule has 31 heavy (non-hydrogen) atoms. The Hall–Kier alpha value is -2.22. The fraction of sp³-hybridized carbons (Fsp3) is 0.739. The minimum atomic E-state index is 0.161. The lowest BCUT2D eigenvalue weighted by molar-refractivity contribution is -0.142. The molecule has 1 atom stereocenters. The van der Waals surface area contributed by atoms with Crippen LogP contribution in [-0.2, 0) is 16.6 Å². The maximum absolute atomic E-state index is 13.4. The molecule has 2 aromatic heterocycles. The first-order valence-electron chi connectivity index (χ1n) is 12.0. The third kappa shape index (κ3) is 4.14. The predicted molar refractivity (Wildman–Crippen MR) is 119 cm³/mol. The zero-order chi connectivity index (χ0) is 21.2. The van der Waals surface area contributed by atoms with Crippen LogP contribution >= 0.6 is 0 Å². The Morgan fingerprint density at radius 1 is 1.00 bits per heavy atom. The van der Waals surface area contributed by atoms with E-state index in [9.17, 15) is 4.79 Å². The van der Waals surface area contributed by atoms with Gasteiger partial charge < -0.3 is 14.5 Å². The normalized spacial score (nSPS) is 24.5. The van der Waals surface area contributed by atoms with Crippen LogP contribution in [0.3, 0.4) is 0 Å². The lowest BCUT2D eigenvalue weighted by atomic mass is 9.85. The smallest absolute Gasteiger partial charge is 0.226 e. The molecule has 8 nitrogen and oxygen atoms in total. The summed E-state index contributed by atoms with van der Waals surface area (Å²) in [5.41, 5.74) is 0.879. The van der Waals surface area contributed by atoms with Crippen LogP contribution in [0.15, 0.2) is 12.5 Å². The fourth-order valence-electron chi connectivity index (χ4n) is 5.77. The second-order valence-electron chi connectivity index (χ2n) is 9.36. The number of carbonyl (C=O) groups is 1. The molecule has 0 radical (unpaired) electrons. The summed E-state index contributed by atoms with van der Waals surface area (Å²) in [6.45, 7) is 4.34. The summed E-state index contributed by atoms with van der Waals surface area (Å²) in [5.74, 6) is 2.12. The molecule has 8 heteroatoms. The SMILES string of the molecule is Cn1ncc2c(N3CCC(C4CCCCCN4C(=O)C4CCOCC4)CC3)ncnc21. The molecule has 3 fully saturated rings. The molecule has 3 saturated heterocycles. The molecule has 1 unspecified atom stereocenters. The van der Waals surface area contributed by atoms with Gasteiger partial charge in [0.1, 0.15) is 12.1 Å². The Morgan fingerprint density at radius 3 is 2.61 bits per heavy atom. The third-order valence-corrected chi connectivity index (χ3v) is 7.54. The van der Waals surface area contributed by atoms with Crippen molar-refractivity contribution in [3.63, 3.8) is 0 Å². The zero-order valence-corrected chi connectivity index (χ0v) is 18.6. The molecule has 0 bridgehead atoms. The van der Waals surface area contributed by atoms with Gasteiger partial charge in [0.25, 0.3) is 0 Å². The molecular weight excluding hydrogens is 392 g/mol. The van der Waals surface area contributed by atoms with Crippen molar-refractivity contribution in [1.82, 2.24) is 24.6 Å². The summed E-state index contributed by atoms with van der Waals surface area (Å²) in [5, 5.41) is 5.38. The van der Waals surface area contributed by atoms with Crippen molar-refractivity contribution in [2.45, 2.75) is 57.4 Å². The van der Waals surface area contributed by atoms with E-state index in [4.69, 9.17) is 4.74 Å². The van der Waals surface area contributed by atoms with Gasteiger partial charge in [0.15, 0.2) is 5.65 Å². The Labute approximate surface area is 184 Å². The second-order valence-corrected chi connectivity index (χ2v) is 9.36. The summed E-state index contributed by atoms with van der Waals surface area (Å²) in [6.07, 6.45) is 12.3. The van der Waals surface area contributed by atoms with Crippen molar-refractivity contribution in [3.05, 3.63) is 12.5 Å². The number of aryl methyl sites for hydroxylation is 1. The number of aromatic nitrogens is 4. The van der Waals surface area contributed by atoms with Gasteiger partial charge in [-0.05, 0) is 44.4 Å². The summed E-state index contributed by atoms with van der Waals surface area (Å²) in [6, 6.07) is 0.392. The van der Waals surface area contributed by atoms with Gasteiger partial charge in [-0.1, -0.05) is 12.8 Å². The quantitative estimate of drug-likeness (QED) is 0.751. The van der Waals surface area contributed by atoms with Crippen LogP contribution in [0.2, 0.25) is 0 Å². The van der Waals surface area contributed by atoms with Crippen LogP contribution in [0.5, 0.6) is 0 Å². The number of ether oxygens (including phenoxy) is 1. The topological polar surface area (TPSA) is 76.4 Å². The van der Waals surface area contributed by atoms with Crippen molar-refractivity contribution in [3.8, 4) is 0 Å². The summed E-state index contributed by atoms with van der Waals surface area (Å²) in [4.78, 5) is 27.1. The van der Waals surface area contributed by atoms with Gasteiger partial charge in [0.05, 0.1) is 11.6 Å². The van der Waals surface area contributed by atoms with Gasteiger partial charge >= 0.3 is 0 Å². The Balaban J connectivity index is 1.29. The van der Waals surface area contributed by atoms with Crippen molar-refractivity contribution >= 4 is 22.8 Å². The first-order valence-corrected chi connectivity index (χ1v) is 12.0. The van der Waals surface area contributed by atoms with Gasteiger partial charge in [0, 0.05) is 51.9 Å². The number of anilines is 1. The van der Waals surface area contributed by atoms with Crippen LogP contribution < -0.4 is 4.90 Å². The number of hydrogen-bond acceptors (Lipinski definition) is 6. The highest BCUT2D eigenvalue weighted by atomic mass is 16.5. The zero-order valence-electron chi connectivity index (χ0n) is 18.6. The van der Waals surface area contributed by atoms with E-state index in [1.807, 2.05) is 13.2 Å². The lowest BCUT2D eigenvalue weighted by Crippen LogP contribution is -2.50. The molecule has 5 rings (SSSR count). The van der Waals surface area contributed by atoms with E-state index in [2.05, 4.69) is 24.9 Å². The van der Waals surface area contributed by atoms with E-state index >= 15 is 0 Å². The molecule has 2 aromatic rings. The summed E-state index contributed by atoms with van der Waals surface area (Å²) in [7, 11) is 1.92. The number of piperidine rings is 1. The minimum absolute atomic E-state index is 0.161. The van der Waals surface area contributed by atoms with Gasteiger partial charge in [-0.15, -0.1) is 0 Å². The average molecular weight is 427 g/mol. The first-order chi connectivity index (χ1) is 15.2. The summed E-state index contributed by atoms with van der Waals surface area (Å²) >= 11 is 0. The molecule has 0 spiro atoms. The highest BCUT2D eigenvalue weighted by molar-refractivity contribution is 5.86. The third-order valence-electron chi connectivity index (χ3n) is 7.54. The number of likely N-dealkylation sites (tertiary alicyclic amines) is 1. The molecular formula is C23H34N6O2. The number of amides is 1. The van der Waals surface area contributed by atoms with E-state index in [0.717, 1.165) is 88.2 Å². The van der Waals surface area contributed by atoms with Gasteiger partial charge in [0.2, 0.25) is 5.91 Å². The highest BCUT2D eigenvalue weighted by Crippen LogP contribution is 2.34. The predicted octanol–water partition coefficient (Wildman–Crippen LogP) is 2.78. The van der Waals surface area contributed by atoms with E-state index in [-0.39, 0.29) is 5.92 Å². The van der Waals surface area contributed by atoms with Crippen LogP contribution in [0.1, 0.15) is 51.4 Å². The standard InChI is InChI=1S/C23H34N6O2/c1-27-21-19(15-26-27)22(25-16-24-21)28-11-6-17(7-12-28)20-5-3-2-4-10-29(20)23(30)18-8-13-31-14-9-18/h15-18,20H,2-14H2,1H3. The van der Waals surface area contributed by atoms with E-state index in [1.165, 1.54) is 12.8 Å². The summed E-state index contributed by atoms with van der Waals surface area (Å²) < 4.78 is 7.30. The largest absolute Gasteiger partial charge is 0.381 e. The first kappa shape index (κ1) is 20.7. The van der Waals surface area contributed by atoms with Crippen molar-refractivity contribution < 1.29 is 9.53 Å². The molecule has 3 aliphatic heterocycles. The molecule has 0 saturated carbocycles. The van der Waals surface area contributed by atoms with E-state index < -0.39 is 0 Å². The number of hydrogen-bond donors (Lipinski definition) is 0. The molecule has 1 amide bonds. The molecule has 3 aliphatic rings. The van der Waals surface area contributed by atoms with Crippen molar-refractivity contribution in [1.29, 1.82) is 0 Å². The van der Waals surface area contributed by atoms with Crippen molar-refractivity contribution in [2.75, 3.05) is 37.7 Å². The van der Waals surface area contributed by atoms with Gasteiger partial charge in [-0.2, -0.15) is 5.10 Å². The highest BCUT2D eigenvalue weighted by Gasteiger charge is 2.37. The Morgan fingerprint density at radius 2 is 1.81 bits per heavy atom. The van der Waals surface area contributed by atoms with Crippen LogP contribution in [0.25, 0.3) is 11.0 Å². The van der Waals surface area contributed by atoms with Crippen LogP contribution in [0.4, 0.5) is 5.82 Å². The molecule has 0 N–H and O–H groups in total. The maximum atomic E-state index is 13.4. The molecule has 5 heterocycles. The van der Waals surface area contributed by atoms with Crippen LogP contribution in [0, 0.1) is 11.8 Å². The monoisotopic (exact) mass is 426 g/mol. The molecule has 0 aliphatic carbocycles. The molecule has 168 valence electrons. The minimum Gasteiger partial charge on any atom is -0.381 e. The average Bonchev–Trinajstić information content (AvgIpc) is 3.05.